The molecule has 0 aromatic heterocycles. The zero-order chi connectivity index (χ0) is 12.1. The molecule has 0 spiro atoms. The van der Waals surface area contributed by atoms with Crippen LogP contribution in [0.4, 0.5) is 5.69 Å². The average molecular weight is 225 g/mol. The highest BCUT2D eigenvalue weighted by Crippen LogP contribution is 2.28. The second kappa shape index (κ2) is 5.11. The molecule has 1 rings (SSSR count). The van der Waals surface area contributed by atoms with Crippen molar-refractivity contribution in [3.05, 3.63) is 33.9 Å². The molecule has 0 saturated heterocycles. The molecule has 6 nitrogen and oxygen atoms in total. The molecule has 0 radical (unpaired) electrons. The minimum absolute atomic E-state index is 0.123. The van der Waals surface area contributed by atoms with Crippen molar-refractivity contribution in [2.75, 3.05) is 13.7 Å². The van der Waals surface area contributed by atoms with Crippen LogP contribution in [0.3, 0.4) is 0 Å². The molecule has 0 amide bonds. The van der Waals surface area contributed by atoms with Crippen molar-refractivity contribution in [1.29, 1.82) is 0 Å². The van der Waals surface area contributed by atoms with Gasteiger partial charge in [0.1, 0.15) is 0 Å². The third-order valence-corrected chi connectivity index (χ3v) is 1.88. The fourth-order valence-electron chi connectivity index (χ4n) is 1.18. The average Bonchev–Trinajstić information content (AvgIpc) is 2.28. The number of benzene rings is 1. The van der Waals surface area contributed by atoms with E-state index < -0.39 is 10.9 Å². The molecule has 0 atom stereocenters. The predicted octanol–water partition coefficient (Wildman–Crippen LogP) is 1.78. The Morgan fingerprint density at radius 2 is 2.19 bits per heavy atom. The van der Waals surface area contributed by atoms with E-state index >= 15 is 0 Å². The predicted molar refractivity (Wildman–Crippen MR) is 55.6 cm³/mol. The van der Waals surface area contributed by atoms with Gasteiger partial charge in [-0.15, -0.1) is 0 Å². The van der Waals surface area contributed by atoms with Gasteiger partial charge in [-0.25, -0.2) is 4.79 Å². The van der Waals surface area contributed by atoms with Gasteiger partial charge in [0, 0.05) is 6.07 Å². The van der Waals surface area contributed by atoms with Crippen LogP contribution in [0.25, 0.3) is 0 Å². The fraction of sp³-hybridized carbons (Fsp3) is 0.300. The summed E-state index contributed by atoms with van der Waals surface area (Å²) in [5.41, 5.74) is -0.123. The summed E-state index contributed by atoms with van der Waals surface area (Å²) in [5, 5.41) is 10.7. The van der Waals surface area contributed by atoms with Gasteiger partial charge >= 0.3 is 11.7 Å². The van der Waals surface area contributed by atoms with Crippen LogP contribution in [-0.2, 0) is 4.74 Å². The molecule has 0 aliphatic heterocycles. The van der Waals surface area contributed by atoms with E-state index in [1.807, 2.05) is 0 Å². The molecule has 0 saturated carbocycles. The van der Waals surface area contributed by atoms with E-state index in [9.17, 15) is 14.9 Å². The van der Waals surface area contributed by atoms with E-state index in [1.165, 1.54) is 19.2 Å². The summed E-state index contributed by atoms with van der Waals surface area (Å²) >= 11 is 0. The Hall–Kier alpha value is -2.11. The maximum Gasteiger partial charge on any atom is 0.338 e. The van der Waals surface area contributed by atoms with Crippen molar-refractivity contribution in [1.82, 2.24) is 0 Å². The fourth-order valence-corrected chi connectivity index (χ4v) is 1.18. The number of ether oxygens (including phenoxy) is 2. The van der Waals surface area contributed by atoms with Gasteiger partial charge in [0.2, 0.25) is 0 Å². The third kappa shape index (κ3) is 2.47. The summed E-state index contributed by atoms with van der Waals surface area (Å²) in [4.78, 5) is 21.3. The number of methoxy groups -OCH3 is 1. The smallest absolute Gasteiger partial charge is 0.338 e. The van der Waals surface area contributed by atoms with Crippen molar-refractivity contribution in [2.24, 2.45) is 0 Å². The second-order valence-corrected chi connectivity index (χ2v) is 2.86. The largest absolute Gasteiger partial charge is 0.487 e. The monoisotopic (exact) mass is 225 g/mol. The number of nitro groups is 1. The third-order valence-electron chi connectivity index (χ3n) is 1.88. The van der Waals surface area contributed by atoms with E-state index in [0.29, 0.717) is 6.61 Å². The summed E-state index contributed by atoms with van der Waals surface area (Å²) in [6, 6.07) is 3.94. The van der Waals surface area contributed by atoms with Gasteiger partial charge in [-0.05, 0) is 19.1 Å². The van der Waals surface area contributed by atoms with E-state index in [4.69, 9.17) is 4.74 Å². The summed E-state index contributed by atoms with van der Waals surface area (Å²) < 4.78 is 9.54. The lowest BCUT2D eigenvalue weighted by atomic mass is 10.2. The Bertz CT molecular complexity index is 416. The minimum Gasteiger partial charge on any atom is -0.487 e. The van der Waals surface area contributed by atoms with Crippen LogP contribution in [0.15, 0.2) is 18.2 Å². The summed E-state index contributed by atoms with van der Waals surface area (Å²) in [7, 11) is 1.21. The Balaban J connectivity index is 3.17. The van der Waals surface area contributed by atoms with Crippen molar-refractivity contribution < 1.29 is 19.2 Å². The number of rotatable bonds is 4. The van der Waals surface area contributed by atoms with Crippen LogP contribution in [0.5, 0.6) is 5.75 Å². The Kier molecular flexibility index (Phi) is 3.82. The van der Waals surface area contributed by atoms with Crippen molar-refractivity contribution in [3.63, 3.8) is 0 Å². The van der Waals surface area contributed by atoms with Crippen LogP contribution in [0.1, 0.15) is 17.3 Å². The van der Waals surface area contributed by atoms with Crippen molar-refractivity contribution in [2.45, 2.75) is 6.92 Å². The zero-order valence-corrected chi connectivity index (χ0v) is 8.93. The first kappa shape index (κ1) is 12.0. The lowest BCUT2D eigenvalue weighted by Gasteiger charge is -2.05. The van der Waals surface area contributed by atoms with Crippen molar-refractivity contribution in [3.8, 4) is 5.75 Å². The molecule has 1 aromatic carbocycles. The van der Waals surface area contributed by atoms with Crippen molar-refractivity contribution >= 4 is 11.7 Å². The summed E-state index contributed by atoms with van der Waals surface area (Å²) in [5.74, 6) is -0.480. The number of esters is 1. The molecule has 0 aliphatic carbocycles. The maximum absolute atomic E-state index is 11.2. The van der Waals surface area contributed by atoms with Gasteiger partial charge in [-0.2, -0.15) is 0 Å². The number of nitrogens with zero attached hydrogens (tertiary/aromatic N) is 1. The van der Waals surface area contributed by atoms with Crippen LogP contribution >= 0.6 is 0 Å². The van der Waals surface area contributed by atoms with Gasteiger partial charge in [-0.1, -0.05) is 0 Å². The number of hydrogen-bond donors (Lipinski definition) is 0. The molecule has 0 heterocycles. The molecular formula is C10H11NO5. The van der Waals surface area contributed by atoms with Gasteiger partial charge in [0.05, 0.1) is 24.2 Å². The lowest BCUT2D eigenvalue weighted by molar-refractivity contribution is -0.385. The number of nitro benzene ring substituents is 1. The van der Waals surface area contributed by atoms with E-state index in [2.05, 4.69) is 4.74 Å². The number of carbonyl (C=O) groups excluding carboxylic acids is 1. The molecule has 0 unspecified atom stereocenters. The van der Waals surface area contributed by atoms with Gasteiger partial charge in [-0.3, -0.25) is 10.1 Å². The Morgan fingerprint density at radius 3 is 2.69 bits per heavy atom. The molecule has 86 valence electrons. The van der Waals surface area contributed by atoms with E-state index in [1.54, 1.807) is 6.92 Å². The topological polar surface area (TPSA) is 78.7 Å². The number of carbonyl (C=O) groups is 1. The second-order valence-electron chi connectivity index (χ2n) is 2.86. The molecular weight excluding hydrogens is 214 g/mol. The lowest BCUT2D eigenvalue weighted by Crippen LogP contribution is -2.04. The molecule has 1 aromatic rings. The van der Waals surface area contributed by atoms with E-state index in [-0.39, 0.29) is 17.0 Å². The van der Waals surface area contributed by atoms with Crippen LogP contribution < -0.4 is 4.74 Å². The highest BCUT2D eigenvalue weighted by molar-refractivity contribution is 5.90. The molecule has 0 aliphatic rings. The first-order valence-corrected chi connectivity index (χ1v) is 4.59. The summed E-state index contributed by atoms with van der Waals surface area (Å²) in [6.45, 7) is 2.04. The Labute approximate surface area is 91.9 Å². The first-order valence-electron chi connectivity index (χ1n) is 4.59. The minimum atomic E-state index is -0.619. The van der Waals surface area contributed by atoms with Gasteiger partial charge < -0.3 is 9.47 Å². The maximum atomic E-state index is 11.2. The molecule has 0 fully saturated rings. The Morgan fingerprint density at radius 1 is 1.50 bits per heavy atom. The highest BCUT2D eigenvalue weighted by Gasteiger charge is 2.18. The quantitative estimate of drug-likeness (QED) is 0.443. The van der Waals surface area contributed by atoms with Crippen LogP contribution in [0, 0.1) is 10.1 Å². The standard InChI is InChI=1S/C10H11NO5/c1-3-16-9-5-4-7(10(12)15-2)6-8(9)11(13)14/h4-6H,3H2,1-2H3. The first-order chi connectivity index (χ1) is 7.60. The highest BCUT2D eigenvalue weighted by atomic mass is 16.6. The van der Waals surface area contributed by atoms with E-state index in [0.717, 1.165) is 6.07 Å². The van der Waals surface area contributed by atoms with Gasteiger partial charge in [0.25, 0.3) is 0 Å². The SMILES string of the molecule is CCOc1ccc(C(=O)OC)cc1[N+](=O)[O-]. The van der Waals surface area contributed by atoms with Crippen LogP contribution in [-0.4, -0.2) is 24.6 Å². The molecule has 0 N–H and O–H groups in total. The summed E-state index contributed by atoms with van der Waals surface area (Å²) in [6.07, 6.45) is 0. The number of hydrogen-bond acceptors (Lipinski definition) is 5. The zero-order valence-electron chi connectivity index (χ0n) is 8.93. The molecule has 6 heteroatoms. The van der Waals surface area contributed by atoms with Gasteiger partial charge in [0.15, 0.2) is 5.75 Å². The normalized spacial score (nSPS) is 9.62. The molecule has 0 bridgehead atoms. The molecule has 16 heavy (non-hydrogen) atoms. The van der Waals surface area contributed by atoms with Crippen LogP contribution in [0.2, 0.25) is 0 Å².